The van der Waals surface area contributed by atoms with E-state index in [1.165, 1.54) is 6.07 Å². The number of phenols is 1. The molecule has 0 fully saturated rings. The van der Waals surface area contributed by atoms with Gasteiger partial charge in [-0.2, -0.15) is 0 Å². The van der Waals surface area contributed by atoms with E-state index in [-0.39, 0.29) is 17.9 Å². The smallest absolute Gasteiger partial charge is 0.323 e. The van der Waals surface area contributed by atoms with Gasteiger partial charge in [0.25, 0.3) is 0 Å². The van der Waals surface area contributed by atoms with E-state index in [2.05, 4.69) is 10.6 Å². The highest BCUT2D eigenvalue weighted by molar-refractivity contribution is 6.00. The van der Waals surface area contributed by atoms with Crippen LogP contribution in [-0.2, 0) is 0 Å². The summed E-state index contributed by atoms with van der Waals surface area (Å²) in [5.74, 6) is 1.32. The molecule has 0 bridgehead atoms. The van der Waals surface area contributed by atoms with Crippen LogP contribution in [0.3, 0.4) is 0 Å². The molecule has 3 N–H and O–H groups in total. The van der Waals surface area contributed by atoms with Gasteiger partial charge in [-0.15, -0.1) is 0 Å². The van der Waals surface area contributed by atoms with Gasteiger partial charge in [-0.05, 0) is 56.7 Å². The third-order valence-electron chi connectivity index (χ3n) is 3.24. The Hall–Kier alpha value is -2.89. The quantitative estimate of drug-likeness (QED) is 0.720. The fraction of sp³-hybridized carbons (Fsp3) is 0.278. The van der Waals surface area contributed by atoms with Crippen molar-refractivity contribution < 1.29 is 19.4 Å². The SMILES string of the molecule is COc1ccc(NC(=O)Nc2ccc(O)cc2C)cc1OC(C)C. The number of rotatable bonds is 5. The number of carbonyl (C=O) groups excluding carboxylic acids is 1. The van der Waals surface area contributed by atoms with E-state index in [1.807, 2.05) is 13.8 Å². The van der Waals surface area contributed by atoms with Gasteiger partial charge in [0.2, 0.25) is 0 Å². The molecule has 6 heteroatoms. The average molecular weight is 330 g/mol. The molecule has 0 aliphatic rings. The predicted molar refractivity (Wildman–Crippen MR) is 94.2 cm³/mol. The summed E-state index contributed by atoms with van der Waals surface area (Å²) in [7, 11) is 1.57. The molecule has 0 aromatic heterocycles. The van der Waals surface area contributed by atoms with E-state index in [0.717, 1.165) is 5.56 Å². The van der Waals surface area contributed by atoms with E-state index in [9.17, 15) is 9.90 Å². The maximum Gasteiger partial charge on any atom is 0.323 e. The van der Waals surface area contributed by atoms with Crippen LogP contribution in [0, 0.1) is 6.92 Å². The number of urea groups is 1. The lowest BCUT2D eigenvalue weighted by molar-refractivity contribution is 0.230. The molecule has 0 heterocycles. The Morgan fingerprint density at radius 3 is 2.46 bits per heavy atom. The molecular formula is C18H22N2O4. The van der Waals surface area contributed by atoms with Crippen molar-refractivity contribution in [2.24, 2.45) is 0 Å². The second-order valence-corrected chi connectivity index (χ2v) is 5.61. The summed E-state index contributed by atoms with van der Waals surface area (Å²) in [6.45, 7) is 5.64. The van der Waals surface area contributed by atoms with Crippen LogP contribution in [0.25, 0.3) is 0 Å². The van der Waals surface area contributed by atoms with Crippen molar-refractivity contribution in [3.8, 4) is 17.2 Å². The summed E-state index contributed by atoms with van der Waals surface area (Å²) in [6, 6.07) is 9.54. The highest BCUT2D eigenvalue weighted by Gasteiger charge is 2.10. The summed E-state index contributed by atoms with van der Waals surface area (Å²) in [5, 5.41) is 14.9. The first-order chi connectivity index (χ1) is 11.4. The van der Waals surface area contributed by atoms with Crippen LogP contribution in [0.5, 0.6) is 17.2 Å². The number of aromatic hydroxyl groups is 1. The highest BCUT2D eigenvalue weighted by Crippen LogP contribution is 2.31. The third-order valence-corrected chi connectivity index (χ3v) is 3.24. The Balaban J connectivity index is 2.10. The van der Waals surface area contributed by atoms with Crippen LogP contribution in [0.15, 0.2) is 36.4 Å². The lowest BCUT2D eigenvalue weighted by Crippen LogP contribution is -2.20. The van der Waals surface area contributed by atoms with Crippen molar-refractivity contribution in [1.29, 1.82) is 0 Å². The predicted octanol–water partition coefficient (Wildman–Crippen LogP) is 4.14. The molecule has 2 rings (SSSR count). The van der Waals surface area contributed by atoms with Crippen LogP contribution < -0.4 is 20.1 Å². The minimum absolute atomic E-state index is 0.0115. The Labute approximate surface area is 141 Å². The summed E-state index contributed by atoms with van der Waals surface area (Å²) in [5.41, 5.74) is 1.97. The lowest BCUT2D eigenvalue weighted by Gasteiger charge is -2.15. The fourth-order valence-corrected chi connectivity index (χ4v) is 2.17. The molecule has 0 spiro atoms. The zero-order valence-electron chi connectivity index (χ0n) is 14.2. The molecule has 0 aliphatic carbocycles. The highest BCUT2D eigenvalue weighted by atomic mass is 16.5. The first kappa shape index (κ1) is 17.5. The molecular weight excluding hydrogens is 308 g/mol. The van der Waals surface area contributed by atoms with Crippen molar-refractivity contribution in [1.82, 2.24) is 0 Å². The van der Waals surface area contributed by atoms with Gasteiger partial charge in [0.1, 0.15) is 5.75 Å². The van der Waals surface area contributed by atoms with Crippen molar-refractivity contribution >= 4 is 17.4 Å². The Morgan fingerprint density at radius 1 is 1.08 bits per heavy atom. The molecule has 0 aliphatic heterocycles. The van der Waals surface area contributed by atoms with E-state index >= 15 is 0 Å². The van der Waals surface area contributed by atoms with Crippen molar-refractivity contribution in [2.75, 3.05) is 17.7 Å². The molecule has 2 aromatic carbocycles. The summed E-state index contributed by atoms with van der Waals surface area (Å²) < 4.78 is 10.9. The number of hydrogen-bond acceptors (Lipinski definition) is 4. The molecule has 0 atom stereocenters. The molecule has 0 saturated heterocycles. The first-order valence-electron chi connectivity index (χ1n) is 7.61. The Kier molecular flexibility index (Phi) is 5.52. The second kappa shape index (κ2) is 7.59. The van der Waals surface area contributed by atoms with Gasteiger partial charge in [-0.1, -0.05) is 0 Å². The van der Waals surface area contributed by atoms with Crippen LogP contribution >= 0.6 is 0 Å². The molecule has 2 aromatic rings. The molecule has 6 nitrogen and oxygen atoms in total. The summed E-state index contributed by atoms with van der Waals surface area (Å²) in [4.78, 5) is 12.2. The number of hydrogen-bond donors (Lipinski definition) is 3. The average Bonchev–Trinajstić information content (AvgIpc) is 2.50. The van der Waals surface area contributed by atoms with E-state index < -0.39 is 0 Å². The number of phenolic OH excluding ortho intramolecular Hbond substituents is 1. The third kappa shape index (κ3) is 4.55. The normalized spacial score (nSPS) is 10.4. The monoisotopic (exact) mass is 330 g/mol. The van der Waals surface area contributed by atoms with E-state index in [4.69, 9.17) is 9.47 Å². The van der Waals surface area contributed by atoms with Crippen LogP contribution in [-0.4, -0.2) is 24.4 Å². The van der Waals surface area contributed by atoms with E-state index in [1.54, 1.807) is 44.4 Å². The molecule has 24 heavy (non-hydrogen) atoms. The zero-order chi connectivity index (χ0) is 17.7. The number of amides is 2. The number of aryl methyl sites for hydroxylation is 1. The van der Waals surface area contributed by atoms with Crippen molar-refractivity contribution in [3.05, 3.63) is 42.0 Å². The molecule has 0 saturated carbocycles. The second-order valence-electron chi connectivity index (χ2n) is 5.61. The van der Waals surface area contributed by atoms with E-state index in [0.29, 0.717) is 22.9 Å². The Bertz CT molecular complexity index is 729. The Morgan fingerprint density at radius 2 is 1.83 bits per heavy atom. The molecule has 128 valence electrons. The number of nitrogens with one attached hydrogen (secondary N) is 2. The van der Waals surface area contributed by atoms with Gasteiger partial charge in [0.15, 0.2) is 11.5 Å². The maximum absolute atomic E-state index is 12.2. The van der Waals surface area contributed by atoms with Gasteiger partial charge < -0.3 is 25.2 Å². The summed E-state index contributed by atoms with van der Waals surface area (Å²) >= 11 is 0. The minimum Gasteiger partial charge on any atom is -0.508 e. The first-order valence-corrected chi connectivity index (χ1v) is 7.61. The summed E-state index contributed by atoms with van der Waals surface area (Å²) in [6.07, 6.45) is -0.0115. The number of ether oxygens (including phenoxy) is 2. The lowest BCUT2D eigenvalue weighted by atomic mass is 10.2. The largest absolute Gasteiger partial charge is 0.508 e. The van der Waals surface area contributed by atoms with Crippen molar-refractivity contribution in [3.63, 3.8) is 0 Å². The van der Waals surface area contributed by atoms with Crippen LogP contribution in [0.1, 0.15) is 19.4 Å². The topological polar surface area (TPSA) is 79.8 Å². The number of anilines is 2. The number of methoxy groups -OCH3 is 1. The van der Waals surface area contributed by atoms with Crippen LogP contribution in [0.2, 0.25) is 0 Å². The molecule has 0 unspecified atom stereocenters. The zero-order valence-corrected chi connectivity index (χ0v) is 14.2. The molecule has 0 radical (unpaired) electrons. The molecule has 2 amide bonds. The number of benzene rings is 2. The van der Waals surface area contributed by atoms with Gasteiger partial charge in [0.05, 0.1) is 13.2 Å². The van der Waals surface area contributed by atoms with Gasteiger partial charge in [-0.25, -0.2) is 4.79 Å². The fourth-order valence-electron chi connectivity index (χ4n) is 2.17. The van der Waals surface area contributed by atoms with Gasteiger partial charge in [0, 0.05) is 17.4 Å². The minimum atomic E-state index is -0.385. The maximum atomic E-state index is 12.2. The van der Waals surface area contributed by atoms with Crippen LogP contribution in [0.4, 0.5) is 16.2 Å². The standard InChI is InChI=1S/C18H22N2O4/c1-11(2)24-17-10-13(5-8-16(17)23-4)19-18(22)20-15-7-6-14(21)9-12(15)3/h5-11,21H,1-4H3,(H2,19,20,22). The van der Waals surface area contributed by atoms with Gasteiger partial charge in [-0.3, -0.25) is 0 Å². The number of carbonyl (C=O) groups is 1. The van der Waals surface area contributed by atoms with Gasteiger partial charge >= 0.3 is 6.03 Å². The van der Waals surface area contributed by atoms with Crippen molar-refractivity contribution in [2.45, 2.75) is 26.9 Å².